The van der Waals surface area contributed by atoms with Crippen LogP contribution in [0.4, 0.5) is 4.39 Å². The van der Waals surface area contributed by atoms with E-state index in [0.29, 0.717) is 4.83 Å². The average Bonchev–Trinajstić information content (AvgIpc) is 2.18. The topological polar surface area (TPSA) is 0 Å². The normalized spacial score (nSPS) is 13.9. The Balaban J connectivity index is 2.58. The van der Waals surface area contributed by atoms with Crippen LogP contribution in [0.3, 0.4) is 0 Å². The van der Waals surface area contributed by atoms with E-state index in [4.69, 9.17) is 0 Å². The van der Waals surface area contributed by atoms with Crippen LogP contribution in [0.25, 0.3) is 0 Å². The molecule has 1 rings (SSSR count). The second-order valence-electron chi connectivity index (χ2n) is 5.46. The van der Waals surface area contributed by atoms with Crippen molar-refractivity contribution in [2.45, 2.75) is 45.4 Å². The van der Waals surface area contributed by atoms with Gasteiger partial charge in [0.1, 0.15) is 5.82 Å². The van der Waals surface area contributed by atoms with Gasteiger partial charge in [-0.15, -0.1) is 0 Å². The zero-order valence-corrected chi connectivity index (χ0v) is 12.1. The minimum atomic E-state index is -0.0978. The van der Waals surface area contributed by atoms with E-state index in [0.717, 1.165) is 24.0 Å². The molecular formula is C14H20BrF. The predicted molar refractivity (Wildman–Crippen MR) is 71.6 cm³/mol. The molecule has 1 unspecified atom stereocenters. The van der Waals surface area contributed by atoms with E-state index in [-0.39, 0.29) is 11.2 Å². The van der Waals surface area contributed by atoms with E-state index in [1.165, 1.54) is 0 Å². The predicted octanol–water partition coefficient (Wildman–Crippen LogP) is 4.88. The van der Waals surface area contributed by atoms with Crippen LogP contribution >= 0.6 is 15.9 Å². The van der Waals surface area contributed by atoms with E-state index in [9.17, 15) is 4.39 Å². The first-order valence-corrected chi connectivity index (χ1v) is 6.61. The molecule has 0 aliphatic carbocycles. The summed E-state index contributed by atoms with van der Waals surface area (Å²) in [5.41, 5.74) is 2.05. The Labute approximate surface area is 106 Å². The third-order valence-electron chi connectivity index (χ3n) is 2.86. The number of benzene rings is 1. The smallest absolute Gasteiger partial charge is 0.126 e. The van der Waals surface area contributed by atoms with Gasteiger partial charge in [0.2, 0.25) is 0 Å². The molecule has 1 atom stereocenters. The van der Waals surface area contributed by atoms with Crippen molar-refractivity contribution in [1.29, 1.82) is 0 Å². The zero-order valence-electron chi connectivity index (χ0n) is 10.5. The van der Waals surface area contributed by atoms with Crippen molar-refractivity contribution in [2.75, 3.05) is 0 Å². The van der Waals surface area contributed by atoms with Crippen LogP contribution in [0.15, 0.2) is 18.2 Å². The van der Waals surface area contributed by atoms with Gasteiger partial charge in [-0.05, 0) is 42.4 Å². The van der Waals surface area contributed by atoms with Crippen molar-refractivity contribution in [3.8, 4) is 0 Å². The highest BCUT2D eigenvalue weighted by molar-refractivity contribution is 9.09. The maximum absolute atomic E-state index is 13.3. The Morgan fingerprint density at radius 2 is 1.94 bits per heavy atom. The fourth-order valence-corrected chi connectivity index (χ4v) is 1.75. The molecule has 0 heterocycles. The fraction of sp³-hybridized carbons (Fsp3) is 0.571. The van der Waals surface area contributed by atoms with Gasteiger partial charge in [0.05, 0.1) is 0 Å². The summed E-state index contributed by atoms with van der Waals surface area (Å²) in [6.45, 7) is 8.42. The molecule has 1 aromatic carbocycles. The van der Waals surface area contributed by atoms with Crippen LogP contribution in [0.1, 0.15) is 38.3 Å². The van der Waals surface area contributed by atoms with Gasteiger partial charge in [-0.1, -0.05) is 48.8 Å². The van der Waals surface area contributed by atoms with Crippen LogP contribution in [0, 0.1) is 18.2 Å². The Hall–Kier alpha value is -0.370. The summed E-state index contributed by atoms with van der Waals surface area (Å²) in [6.07, 6.45) is 1.95. The third kappa shape index (κ3) is 3.89. The second kappa shape index (κ2) is 5.31. The van der Waals surface area contributed by atoms with Crippen LogP contribution < -0.4 is 0 Å². The molecule has 0 nitrogen and oxygen atoms in total. The lowest BCUT2D eigenvalue weighted by atomic mass is 9.88. The van der Waals surface area contributed by atoms with E-state index in [1.807, 2.05) is 12.1 Å². The molecule has 16 heavy (non-hydrogen) atoms. The molecule has 0 aliphatic rings. The highest BCUT2D eigenvalue weighted by Gasteiger charge is 2.21. The van der Waals surface area contributed by atoms with Crippen molar-refractivity contribution in [2.24, 2.45) is 5.41 Å². The van der Waals surface area contributed by atoms with Gasteiger partial charge in [-0.3, -0.25) is 0 Å². The molecule has 2 heteroatoms. The average molecular weight is 287 g/mol. The maximum atomic E-state index is 13.3. The molecule has 0 saturated carbocycles. The Morgan fingerprint density at radius 1 is 1.31 bits per heavy atom. The fourth-order valence-electron chi connectivity index (χ4n) is 1.52. The largest absolute Gasteiger partial charge is 0.207 e. The maximum Gasteiger partial charge on any atom is 0.126 e. The van der Waals surface area contributed by atoms with Gasteiger partial charge >= 0.3 is 0 Å². The molecule has 90 valence electrons. The molecule has 0 radical (unpaired) electrons. The van der Waals surface area contributed by atoms with Crippen molar-refractivity contribution in [1.82, 2.24) is 0 Å². The van der Waals surface area contributed by atoms with Crippen molar-refractivity contribution in [3.05, 3.63) is 35.1 Å². The standard InChI is InChI=1S/C14H20BrF/c1-10-5-6-11(9-12(10)16)7-8-13(15)14(2,3)4/h5-6,9,13H,7-8H2,1-4H3. The molecule has 0 spiro atoms. The molecule has 0 aromatic heterocycles. The summed E-state index contributed by atoms with van der Waals surface area (Å²) in [5.74, 6) is -0.0978. The van der Waals surface area contributed by atoms with Crippen LogP contribution in [-0.4, -0.2) is 4.83 Å². The van der Waals surface area contributed by atoms with Gasteiger partial charge in [-0.25, -0.2) is 4.39 Å². The number of aryl methyl sites for hydroxylation is 2. The monoisotopic (exact) mass is 286 g/mol. The van der Waals surface area contributed by atoms with E-state index in [2.05, 4.69) is 36.7 Å². The van der Waals surface area contributed by atoms with E-state index in [1.54, 1.807) is 13.0 Å². The summed E-state index contributed by atoms with van der Waals surface area (Å²) >= 11 is 3.70. The quantitative estimate of drug-likeness (QED) is 0.695. The molecule has 0 amide bonds. The van der Waals surface area contributed by atoms with Gasteiger partial charge in [-0.2, -0.15) is 0 Å². The first kappa shape index (κ1) is 13.7. The Bertz CT molecular complexity index is 352. The van der Waals surface area contributed by atoms with Gasteiger partial charge in [0, 0.05) is 4.83 Å². The zero-order chi connectivity index (χ0) is 12.3. The van der Waals surface area contributed by atoms with E-state index < -0.39 is 0 Å². The van der Waals surface area contributed by atoms with Crippen LogP contribution in [0.5, 0.6) is 0 Å². The summed E-state index contributed by atoms with van der Waals surface area (Å²) in [7, 11) is 0. The third-order valence-corrected chi connectivity index (χ3v) is 4.69. The summed E-state index contributed by atoms with van der Waals surface area (Å²) in [4.78, 5) is 0.462. The number of hydrogen-bond acceptors (Lipinski definition) is 0. The second-order valence-corrected chi connectivity index (χ2v) is 6.56. The molecule has 0 bridgehead atoms. The summed E-state index contributed by atoms with van der Waals surface area (Å²) in [5, 5.41) is 0. The molecular weight excluding hydrogens is 267 g/mol. The molecule has 0 N–H and O–H groups in total. The lowest BCUT2D eigenvalue weighted by Crippen LogP contribution is -2.20. The molecule has 0 fully saturated rings. The number of alkyl halides is 1. The molecule has 0 aliphatic heterocycles. The molecule has 1 aromatic rings. The number of hydrogen-bond donors (Lipinski definition) is 0. The van der Waals surface area contributed by atoms with Crippen molar-refractivity contribution < 1.29 is 4.39 Å². The Kier molecular flexibility index (Phi) is 4.54. The van der Waals surface area contributed by atoms with Crippen LogP contribution in [-0.2, 0) is 6.42 Å². The van der Waals surface area contributed by atoms with E-state index >= 15 is 0 Å². The first-order valence-electron chi connectivity index (χ1n) is 5.70. The summed E-state index contributed by atoms with van der Waals surface area (Å²) < 4.78 is 13.3. The minimum absolute atomic E-state index is 0.0978. The first-order chi connectivity index (χ1) is 7.30. The van der Waals surface area contributed by atoms with Crippen LogP contribution in [0.2, 0.25) is 0 Å². The lowest BCUT2D eigenvalue weighted by molar-refractivity contribution is 0.385. The number of rotatable bonds is 3. The summed E-state index contributed by atoms with van der Waals surface area (Å²) in [6, 6.07) is 5.52. The number of halogens is 2. The van der Waals surface area contributed by atoms with Gasteiger partial charge in [0.25, 0.3) is 0 Å². The highest BCUT2D eigenvalue weighted by atomic mass is 79.9. The van der Waals surface area contributed by atoms with Crippen molar-refractivity contribution in [3.63, 3.8) is 0 Å². The van der Waals surface area contributed by atoms with Gasteiger partial charge in [0.15, 0.2) is 0 Å². The highest BCUT2D eigenvalue weighted by Crippen LogP contribution is 2.29. The minimum Gasteiger partial charge on any atom is -0.207 e. The lowest BCUT2D eigenvalue weighted by Gasteiger charge is -2.25. The van der Waals surface area contributed by atoms with Crippen molar-refractivity contribution >= 4 is 15.9 Å². The van der Waals surface area contributed by atoms with Gasteiger partial charge < -0.3 is 0 Å². The Morgan fingerprint density at radius 3 is 2.44 bits per heavy atom. The molecule has 0 saturated heterocycles. The SMILES string of the molecule is Cc1ccc(CCC(Br)C(C)(C)C)cc1F.